The first-order valence-electron chi connectivity index (χ1n) is 23.3. The number of benzene rings is 7. The van der Waals surface area contributed by atoms with E-state index >= 15 is 0 Å². The molecule has 0 unspecified atom stereocenters. The molecule has 0 radical (unpaired) electrons. The second kappa shape index (κ2) is 18.1. The number of hydrogen-bond donors (Lipinski definition) is 0. The molecule has 10 rings (SSSR count). The second-order valence-corrected chi connectivity index (χ2v) is 20.8. The minimum Gasteiger partial charge on any atom is -0.509 e. The van der Waals surface area contributed by atoms with Crippen molar-refractivity contribution in [1.82, 2.24) is 9.55 Å². The van der Waals surface area contributed by atoms with Gasteiger partial charge in [-0.15, -0.1) is 53.6 Å². The number of pyridine rings is 1. The summed E-state index contributed by atoms with van der Waals surface area (Å²) in [6, 6.07) is 65.6. The van der Waals surface area contributed by atoms with Gasteiger partial charge in [0.25, 0.3) is 0 Å². The third-order valence-electron chi connectivity index (χ3n) is 12.7. The van der Waals surface area contributed by atoms with Gasteiger partial charge in [0.05, 0.1) is 0 Å². The molecule has 0 atom stereocenters. The van der Waals surface area contributed by atoms with Crippen LogP contribution in [0.15, 0.2) is 182 Å². The Morgan fingerprint density at radius 1 is 0.500 bits per heavy atom. The summed E-state index contributed by atoms with van der Waals surface area (Å²) in [5, 5.41) is 2.26. The molecule has 0 fully saturated rings. The predicted octanol–water partition coefficient (Wildman–Crippen LogP) is 16.5. The maximum atomic E-state index is 6.91. The molecule has 68 heavy (non-hydrogen) atoms. The average Bonchev–Trinajstić information content (AvgIpc) is 3.92. The summed E-state index contributed by atoms with van der Waals surface area (Å²) in [6.07, 6.45) is 4.16. The van der Waals surface area contributed by atoms with E-state index in [0.717, 1.165) is 66.9 Å². The van der Waals surface area contributed by atoms with Crippen molar-refractivity contribution in [3.8, 4) is 50.7 Å². The van der Waals surface area contributed by atoms with Gasteiger partial charge in [-0.3, -0.25) is 0 Å². The van der Waals surface area contributed by atoms with E-state index < -0.39 is 0 Å². The van der Waals surface area contributed by atoms with Crippen molar-refractivity contribution in [3.05, 3.63) is 212 Å². The molecule has 0 amide bonds. The number of allylic oxidation sites excluding steroid dienone is 1. The zero-order valence-corrected chi connectivity index (χ0v) is 42.6. The minimum absolute atomic E-state index is 0. The van der Waals surface area contributed by atoms with Crippen LogP contribution < -0.4 is 14.5 Å². The SMILES string of the molecule is CC(C)(C)C1=CN(c2[c-]c(Oc3[c-]c4c(cc3)c3cc(C(C)(C)C)ccc3n4-c3cc(C(C)(C)C)ccn3)cc(-c3ccccc3)c2)[CH-]N1c1cc(-c2ccccc2)cc(-c2ccccc2)c1.[Pt]. The quantitative estimate of drug-likeness (QED) is 0.142. The minimum atomic E-state index is -0.199. The summed E-state index contributed by atoms with van der Waals surface area (Å²) >= 11 is 0. The van der Waals surface area contributed by atoms with E-state index in [-0.39, 0.29) is 37.3 Å². The Kier molecular flexibility index (Phi) is 12.4. The molecule has 1 aliphatic heterocycles. The van der Waals surface area contributed by atoms with E-state index in [2.05, 4.69) is 253 Å². The Morgan fingerprint density at radius 3 is 1.65 bits per heavy atom. The summed E-state index contributed by atoms with van der Waals surface area (Å²) in [7, 11) is 0. The van der Waals surface area contributed by atoms with Crippen molar-refractivity contribution in [2.24, 2.45) is 5.41 Å². The van der Waals surface area contributed by atoms with Gasteiger partial charge < -0.3 is 19.1 Å². The first-order valence-corrected chi connectivity index (χ1v) is 23.3. The summed E-state index contributed by atoms with van der Waals surface area (Å²) in [4.78, 5) is 9.46. The maximum Gasteiger partial charge on any atom is 0.135 e. The van der Waals surface area contributed by atoms with Gasteiger partial charge in [-0.05, 0) is 97.8 Å². The molecule has 1 aliphatic rings. The molecule has 0 aliphatic carbocycles. The van der Waals surface area contributed by atoms with E-state index in [1.165, 1.54) is 22.3 Å². The average molecular weight is 1070 g/mol. The molecule has 344 valence electrons. The molecule has 0 bridgehead atoms. The fraction of sp³-hybridized carbons (Fsp3) is 0.194. The smallest absolute Gasteiger partial charge is 0.135 e. The van der Waals surface area contributed by atoms with Crippen LogP contribution in [-0.2, 0) is 31.9 Å². The van der Waals surface area contributed by atoms with Gasteiger partial charge in [-0.25, -0.2) is 4.98 Å². The van der Waals surface area contributed by atoms with E-state index in [1.807, 2.05) is 18.3 Å². The van der Waals surface area contributed by atoms with Gasteiger partial charge in [0.2, 0.25) is 0 Å². The standard InChI is InChI=1S/C62H57N4O.Pt/c1-60(2,3)48-25-28-56-55(36-48)54-27-26-52(39-57(54)66(56)59-37-49(29-30-63-59)61(4,5)6)67-53-35-47(44-23-17-12-18-24-44)32-50(38-53)64-40-58(62(7,8)9)65(41-64)51-33-45(42-19-13-10-14-20-42)31-46(34-51)43-21-15-11-16-22-43;/h10-37,40-41H,1-9H3;/q-3;. The van der Waals surface area contributed by atoms with Gasteiger partial charge in [-0.2, -0.15) is 6.07 Å². The summed E-state index contributed by atoms with van der Waals surface area (Å²) < 4.78 is 9.14. The van der Waals surface area contributed by atoms with Gasteiger partial charge in [0.15, 0.2) is 0 Å². The van der Waals surface area contributed by atoms with Crippen molar-refractivity contribution in [2.75, 3.05) is 9.80 Å². The largest absolute Gasteiger partial charge is 0.509 e. The van der Waals surface area contributed by atoms with Crippen LogP contribution in [-0.4, -0.2) is 9.55 Å². The van der Waals surface area contributed by atoms with Crippen LogP contribution in [0.25, 0.3) is 61.0 Å². The molecule has 5 nitrogen and oxygen atoms in total. The number of aromatic nitrogens is 2. The summed E-state index contributed by atoms with van der Waals surface area (Å²) in [5.41, 5.74) is 14.1. The van der Waals surface area contributed by atoms with Gasteiger partial charge in [-0.1, -0.05) is 171 Å². The molecule has 0 saturated heterocycles. The molecular formula is C62H57N4OPt-3. The number of rotatable bonds is 8. The molecule has 0 N–H and O–H groups in total. The van der Waals surface area contributed by atoms with Crippen LogP contribution in [0, 0.1) is 24.2 Å². The fourth-order valence-electron chi connectivity index (χ4n) is 8.99. The Balaban J connectivity index is 0.00000578. The second-order valence-electron chi connectivity index (χ2n) is 20.8. The Hall–Kier alpha value is -6.68. The van der Waals surface area contributed by atoms with Gasteiger partial charge in [0.1, 0.15) is 5.82 Å². The zero-order valence-electron chi connectivity index (χ0n) is 40.3. The van der Waals surface area contributed by atoms with Gasteiger partial charge >= 0.3 is 0 Å². The number of hydrogen-bond acceptors (Lipinski definition) is 4. The molecule has 2 aromatic heterocycles. The molecule has 0 spiro atoms. The van der Waals surface area contributed by atoms with E-state index in [4.69, 9.17) is 9.72 Å². The third-order valence-corrected chi connectivity index (χ3v) is 12.7. The molecular weight excluding hydrogens is 1010 g/mol. The first-order chi connectivity index (χ1) is 32.1. The van der Waals surface area contributed by atoms with Crippen LogP contribution in [0.1, 0.15) is 73.4 Å². The topological polar surface area (TPSA) is 33.5 Å². The normalized spacial score (nSPS) is 13.2. The van der Waals surface area contributed by atoms with Crippen LogP contribution in [0.3, 0.4) is 0 Å². The molecule has 3 heterocycles. The van der Waals surface area contributed by atoms with Crippen LogP contribution >= 0.6 is 0 Å². The van der Waals surface area contributed by atoms with Crippen LogP contribution in [0.5, 0.6) is 11.5 Å². The maximum absolute atomic E-state index is 6.91. The molecule has 9 aromatic rings. The van der Waals surface area contributed by atoms with Crippen molar-refractivity contribution < 1.29 is 25.8 Å². The first kappa shape index (κ1) is 46.4. The number of anilines is 2. The third kappa shape index (κ3) is 9.30. The molecule has 0 saturated carbocycles. The van der Waals surface area contributed by atoms with Crippen molar-refractivity contribution in [1.29, 1.82) is 0 Å². The monoisotopic (exact) mass is 1070 g/mol. The predicted molar refractivity (Wildman–Crippen MR) is 280 cm³/mol. The zero-order chi connectivity index (χ0) is 46.7. The van der Waals surface area contributed by atoms with Crippen molar-refractivity contribution in [3.63, 3.8) is 0 Å². The fourth-order valence-corrected chi connectivity index (χ4v) is 8.99. The van der Waals surface area contributed by atoms with Crippen molar-refractivity contribution >= 4 is 33.2 Å². The number of ether oxygens (including phenoxy) is 1. The summed E-state index contributed by atoms with van der Waals surface area (Å²) in [6.45, 7) is 22.5. The summed E-state index contributed by atoms with van der Waals surface area (Å²) in [5.74, 6) is 2.04. The number of fused-ring (bicyclic) bond motifs is 3. The van der Waals surface area contributed by atoms with Crippen LogP contribution in [0.2, 0.25) is 0 Å². The Morgan fingerprint density at radius 2 is 1.07 bits per heavy atom. The number of nitrogens with zero attached hydrogens (tertiary/aromatic N) is 4. The Labute approximate surface area is 417 Å². The Bertz CT molecular complexity index is 3240. The van der Waals surface area contributed by atoms with E-state index in [1.54, 1.807) is 0 Å². The van der Waals surface area contributed by atoms with E-state index in [0.29, 0.717) is 11.5 Å². The van der Waals surface area contributed by atoms with Crippen molar-refractivity contribution in [2.45, 2.75) is 73.1 Å². The molecule has 7 aromatic carbocycles. The van der Waals surface area contributed by atoms with Crippen LogP contribution in [0.4, 0.5) is 11.4 Å². The molecule has 6 heteroatoms. The van der Waals surface area contributed by atoms with Gasteiger partial charge in [0, 0.05) is 61.1 Å². The van der Waals surface area contributed by atoms with E-state index in [9.17, 15) is 0 Å².